The molecule has 152 valence electrons. The lowest BCUT2D eigenvalue weighted by Crippen LogP contribution is -2.50. The molecule has 29 heavy (non-hydrogen) atoms. The van der Waals surface area contributed by atoms with Crippen molar-refractivity contribution in [2.75, 3.05) is 26.2 Å². The Balaban J connectivity index is 1.45. The van der Waals surface area contributed by atoms with Crippen LogP contribution in [-0.2, 0) is 10.0 Å². The first-order valence-electron chi connectivity index (χ1n) is 9.23. The largest absolute Gasteiger partial charge is 0.355 e. The lowest BCUT2D eigenvalue weighted by atomic mass is 10.2. The van der Waals surface area contributed by atoms with E-state index in [-0.39, 0.29) is 24.7 Å². The number of piperazine rings is 1. The highest BCUT2D eigenvalue weighted by atomic mass is 32.2. The van der Waals surface area contributed by atoms with E-state index in [0.29, 0.717) is 23.7 Å². The van der Waals surface area contributed by atoms with Gasteiger partial charge in [0.05, 0.1) is 9.77 Å². The van der Waals surface area contributed by atoms with Crippen molar-refractivity contribution in [2.24, 2.45) is 0 Å². The van der Waals surface area contributed by atoms with Gasteiger partial charge in [0.2, 0.25) is 10.0 Å². The number of sulfonamides is 1. The van der Waals surface area contributed by atoms with E-state index in [4.69, 9.17) is 4.52 Å². The Hall–Kier alpha value is -2.49. The Morgan fingerprint density at radius 1 is 1.10 bits per heavy atom. The number of thiophene rings is 1. The van der Waals surface area contributed by atoms with Crippen molar-refractivity contribution in [1.29, 1.82) is 0 Å². The molecule has 0 radical (unpaired) electrons. The number of hydrogen-bond acceptors (Lipinski definition) is 6. The number of carbonyl (C=O) groups excluding carboxylic acids is 1. The van der Waals surface area contributed by atoms with Crippen molar-refractivity contribution in [3.63, 3.8) is 0 Å². The molecule has 1 saturated heterocycles. The summed E-state index contributed by atoms with van der Waals surface area (Å²) in [4.78, 5) is 15.6. The van der Waals surface area contributed by atoms with Gasteiger partial charge in [-0.3, -0.25) is 4.79 Å². The highest BCUT2D eigenvalue weighted by molar-refractivity contribution is 7.89. The summed E-state index contributed by atoms with van der Waals surface area (Å²) in [6.07, 6.45) is 0. The van der Waals surface area contributed by atoms with Gasteiger partial charge in [-0.25, -0.2) is 8.42 Å². The third-order valence-corrected chi connectivity index (χ3v) is 7.91. The quantitative estimate of drug-likeness (QED) is 0.634. The fourth-order valence-electron chi connectivity index (χ4n) is 3.33. The first kappa shape index (κ1) is 19.8. The summed E-state index contributed by atoms with van der Waals surface area (Å²) >= 11 is 1.51. The minimum atomic E-state index is -3.59. The number of amides is 1. The zero-order valence-electron chi connectivity index (χ0n) is 16.2. The average Bonchev–Trinajstić information content (AvgIpc) is 3.41. The molecule has 3 heterocycles. The van der Waals surface area contributed by atoms with Crippen LogP contribution in [0.2, 0.25) is 0 Å². The Kier molecular flexibility index (Phi) is 5.28. The van der Waals surface area contributed by atoms with E-state index in [1.165, 1.54) is 15.6 Å². The zero-order chi connectivity index (χ0) is 20.6. The topological polar surface area (TPSA) is 83.7 Å². The van der Waals surface area contributed by atoms with Crippen LogP contribution in [-0.4, -0.2) is 54.9 Å². The molecule has 1 aliphatic heterocycles. The minimum Gasteiger partial charge on any atom is -0.355 e. The maximum Gasteiger partial charge on any atom is 0.276 e. The van der Waals surface area contributed by atoms with Gasteiger partial charge in [-0.15, -0.1) is 11.3 Å². The number of aryl methyl sites for hydroxylation is 2. The molecule has 2 aromatic heterocycles. The number of carbonyl (C=O) groups is 1. The molecule has 0 unspecified atom stereocenters. The molecule has 7 nitrogen and oxygen atoms in total. The first-order valence-corrected chi connectivity index (χ1v) is 11.6. The van der Waals surface area contributed by atoms with Crippen LogP contribution in [0, 0.1) is 13.8 Å². The number of aromatic nitrogens is 1. The van der Waals surface area contributed by atoms with Gasteiger partial charge < -0.3 is 9.42 Å². The monoisotopic (exact) mass is 431 g/mol. The van der Waals surface area contributed by atoms with Crippen LogP contribution in [0.4, 0.5) is 0 Å². The second-order valence-corrected chi connectivity index (χ2v) is 9.87. The van der Waals surface area contributed by atoms with Gasteiger partial charge in [0.1, 0.15) is 0 Å². The molecule has 9 heteroatoms. The number of rotatable bonds is 4. The lowest BCUT2D eigenvalue weighted by Gasteiger charge is -2.33. The van der Waals surface area contributed by atoms with Gasteiger partial charge in [0.15, 0.2) is 11.5 Å². The normalized spacial score (nSPS) is 15.6. The van der Waals surface area contributed by atoms with E-state index >= 15 is 0 Å². The molecule has 0 saturated carbocycles. The van der Waals surface area contributed by atoms with Crippen LogP contribution in [0.3, 0.4) is 0 Å². The van der Waals surface area contributed by atoms with Gasteiger partial charge >= 0.3 is 0 Å². The predicted molar refractivity (Wildman–Crippen MR) is 110 cm³/mol. The minimum absolute atomic E-state index is 0.235. The van der Waals surface area contributed by atoms with Crippen LogP contribution in [0.5, 0.6) is 0 Å². The van der Waals surface area contributed by atoms with Gasteiger partial charge in [-0.05, 0) is 42.5 Å². The van der Waals surface area contributed by atoms with Crippen LogP contribution >= 0.6 is 11.3 Å². The SMILES string of the molecule is Cc1ccc(C)c(S(=O)(=O)N2CCN(C(=O)c3cc(-c4cccs4)on3)CC2)c1. The van der Waals surface area contributed by atoms with Crippen molar-refractivity contribution in [1.82, 2.24) is 14.4 Å². The Morgan fingerprint density at radius 2 is 1.86 bits per heavy atom. The van der Waals surface area contributed by atoms with E-state index in [1.807, 2.05) is 36.6 Å². The molecule has 1 aliphatic rings. The van der Waals surface area contributed by atoms with Crippen LogP contribution in [0.25, 0.3) is 10.6 Å². The molecule has 1 fully saturated rings. The number of hydrogen-bond donors (Lipinski definition) is 0. The van der Waals surface area contributed by atoms with Crippen molar-refractivity contribution in [3.8, 4) is 10.6 Å². The Bertz CT molecular complexity index is 1130. The third kappa shape index (κ3) is 3.85. The van der Waals surface area contributed by atoms with Gasteiger partial charge in [0, 0.05) is 32.2 Å². The fraction of sp³-hybridized carbons (Fsp3) is 0.300. The van der Waals surface area contributed by atoms with Gasteiger partial charge in [0.25, 0.3) is 5.91 Å². The van der Waals surface area contributed by atoms with E-state index < -0.39 is 10.0 Å². The summed E-state index contributed by atoms with van der Waals surface area (Å²) in [6, 6.07) is 10.8. The summed E-state index contributed by atoms with van der Waals surface area (Å²) < 4.78 is 32.8. The molecular formula is C20H21N3O4S2. The predicted octanol–water partition coefficient (Wildman–Crippen LogP) is 3.17. The standard InChI is InChI=1S/C20H21N3O4S2/c1-14-5-6-15(2)19(12-14)29(25,26)23-9-7-22(8-10-23)20(24)16-13-17(27-21-16)18-4-3-11-28-18/h3-6,11-13H,7-10H2,1-2H3. The van der Waals surface area contributed by atoms with E-state index in [1.54, 1.807) is 24.0 Å². The molecular weight excluding hydrogens is 410 g/mol. The molecule has 0 N–H and O–H groups in total. The second kappa shape index (κ2) is 7.74. The maximum atomic E-state index is 13.0. The van der Waals surface area contributed by atoms with Crippen LogP contribution in [0.15, 0.2) is 51.2 Å². The summed E-state index contributed by atoms with van der Waals surface area (Å²) in [5.74, 6) is 0.305. The fourth-order valence-corrected chi connectivity index (χ4v) is 5.73. The number of nitrogens with zero attached hydrogens (tertiary/aromatic N) is 3. The third-order valence-electron chi connectivity index (χ3n) is 4.98. The van der Waals surface area contributed by atoms with E-state index in [9.17, 15) is 13.2 Å². The Labute approximate surface area is 173 Å². The second-order valence-electron chi connectivity index (χ2n) is 7.02. The first-order chi connectivity index (χ1) is 13.9. The average molecular weight is 432 g/mol. The maximum absolute atomic E-state index is 13.0. The summed E-state index contributed by atoms with van der Waals surface area (Å²) in [7, 11) is -3.59. The van der Waals surface area contributed by atoms with E-state index in [0.717, 1.165) is 16.0 Å². The van der Waals surface area contributed by atoms with Crippen molar-refractivity contribution < 1.29 is 17.7 Å². The Morgan fingerprint density at radius 3 is 2.55 bits per heavy atom. The lowest BCUT2D eigenvalue weighted by molar-refractivity contribution is 0.0687. The van der Waals surface area contributed by atoms with Gasteiger partial charge in [-0.1, -0.05) is 23.4 Å². The smallest absolute Gasteiger partial charge is 0.276 e. The molecule has 3 aromatic rings. The summed E-state index contributed by atoms with van der Waals surface area (Å²) in [6.45, 7) is 4.78. The van der Waals surface area contributed by atoms with Crippen molar-refractivity contribution >= 4 is 27.3 Å². The van der Waals surface area contributed by atoms with Crippen molar-refractivity contribution in [2.45, 2.75) is 18.7 Å². The van der Waals surface area contributed by atoms with Crippen molar-refractivity contribution in [3.05, 3.63) is 58.6 Å². The molecule has 0 spiro atoms. The molecule has 0 bridgehead atoms. The van der Waals surface area contributed by atoms with Gasteiger partial charge in [-0.2, -0.15) is 4.31 Å². The molecule has 4 rings (SSSR count). The molecule has 0 aliphatic carbocycles. The van der Waals surface area contributed by atoms with E-state index in [2.05, 4.69) is 5.16 Å². The molecule has 1 amide bonds. The van der Waals surface area contributed by atoms with Crippen LogP contribution < -0.4 is 0 Å². The highest BCUT2D eigenvalue weighted by Crippen LogP contribution is 2.26. The molecule has 1 aromatic carbocycles. The van der Waals surface area contributed by atoms with Crippen LogP contribution in [0.1, 0.15) is 21.6 Å². The molecule has 0 atom stereocenters. The summed E-state index contributed by atoms with van der Waals surface area (Å²) in [5.41, 5.74) is 1.85. The highest BCUT2D eigenvalue weighted by Gasteiger charge is 2.32. The zero-order valence-corrected chi connectivity index (χ0v) is 17.8. The summed E-state index contributed by atoms with van der Waals surface area (Å²) in [5, 5.41) is 5.82. The number of benzene rings is 1.